The fourth-order valence-corrected chi connectivity index (χ4v) is 3.00. The van der Waals surface area contributed by atoms with E-state index in [1.165, 1.54) is 0 Å². The lowest BCUT2D eigenvalue weighted by atomic mass is 10.0. The smallest absolute Gasteiger partial charge is 0.128 e. The van der Waals surface area contributed by atoms with Crippen molar-refractivity contribution in [1.82, 2.24) is 14.5 Å². The molecule has 3 atom stereocenters. The molecule has 0 spiro atoms. The summed E-state index contributed by atoms with van der Waals surface area (Å²) in [6.45, 7) is 4.89. The molecule has 102 valence electrons. The molecule has 2 aromatic heterocycles. The van der Waals surface area contributed by atoms with E-state index >= 15 is 0 Å². The maximum atomic E-state index is 6.30. The predicted molar refractivity (Wildman–Crippen MR) is 75.5 cm³/mol. The van der Waals surface area contributed by atoms with Crippen LogP contribution in [0.25, 0.3) is 11.0 Å². The Morgan fingerprint density at radius 1 is 1.53 bits per heavy atom. The highest BCUT2D eigenvalue weighted by atomic mass is 35.5. The molecule has 5 heteroatoms. The molecule has 4 nitrogen and oxygen atoms in total. The van der Waals surface area contributed by atoms with Gasteiger partial charge in [-0.2, -0.15) is 0 Å². The van der Waals surface area contributed by atoms with Gasteiger partial charge in [0.2, 0.25) is 0 Å². The molecule has 3 heterocycles. The summed E-state index contributed by atoms with van der Waals surface area (Å²) in [5.74, 6) is 0.934. The van der Waals surface area contributed by atoms with Crippen LogP contribution in [0.3, 0.4) is 0 Å². The zero-order valence-electron chi connectivity index (χ0n) is 11.2. The summed E-state index contributed by atoms with van der Waals surface area (Å²) in [5, 5.41) is -0.106. The van der Waals surface area contributed by atoms with Gasteiger partial charge in [0.15, 0.2) is 0 Å². The predicted octanol–water partition coefficient (Wildman–Crippen LogP) is 3.47. The molecule has 0 saturated carbocycles. The number of halogens is 1. The zero-order valence-corrected chi connectivity index (χ0v) is 12.0. The van der Waals surface area contributed by atoms with E-state index in [4.69, 9.17) is 16.3 Å². The molecule has 1 saturated heterocycles. The van der Waals surface area contributed by atoms with E-state index in [1.54, 1.807) is 6.20 Å². The van der Waals surface area contributed by atoms with Crippen molar-refractivity contribution in [3.05, 3.63) is 24.3 Å². The molecule has 1 aliphatic rings. The van der Waals surface area contributed by atoms with Gasteiger partial charge in [-0.15, -0.1) is 11.6 Å². The van der Waals surface area contributed by atoms with Crippen molar-refractivity contribution < 1.29 is 4.74 Å². The zero-order chi connectivity index (χ0) is 13.4. The molecule has 3 unspecified atom stereocenters. The number of rotatable bonds is 2. The van der Waals surface area contributed by atoms with E-state index in [0.29, 0.717) is 6.04 Å². The van der Waals surface area contributed by atoms with Gasteiger partial charge in [0, 0.05) is 18.8 Å². The molecule has 0 aliphatic carbocycles. The van der Waals surface area contributed by atoms with Gasteiger partial charge in [0.05, 0.1) is 23.2 Å². The third kappa shape index (κ3) is 2.35. The molecule has 1 aliphatic heterocycles. The minimum atomic E-state index is -0.106. The third-order valence-corrected chi connectivity index (χ3v) is 3.89. The van der Waals surface area contributed by atoms with Gasteiger partial charge in [-0.1, -0.05) is 0 Å². The molecule has 2 aromatic rings. The number of alkyl halides is 1. The number of pyridine rings is 1. The number of imidazole rings is 1. The van der Waals surface area contributed by atoms with Crippen LogP contribution in [-0.4, -0.2) is 27.2 Å². The second kappa shape index (κ2) is 5.10. The standard InChI is InChI=1S/C14H18ClN3O/c1-9-7-11(4-6-19-9)18-13-3-5-16-8-12(13)17-14(18)10(2)15/h3,5,8-11H,4,6-7H2,1-2H3. The van der Waals surface area contributed by atoms with Crippen molar-refractivity contribution in [1.29, 1.82) is 0 Å². The Labute approximate surface area is 117 Å². The van der Waals surface area contributed by atoms with Crippen molar-refractivity contribution in [2.45, 2.75) is 44.2 Å². The highest BCUT2D eigenvalue weighted by molar-refractivity contribution is 6.20. The Morgan fingerprint density at radius 3 is 3.11 bits per heavy atom. The van der Waals surface area contributed by atoms with E-state index in [0.717, 1.165) is 36.3 Å². The van der Waals surface area contributed by atoms with Gasteiger partial charge in [-0.05, 0) is 32.8 Å². The Hall–Kier alpha value is -1.13. The number of fused-ring (bicyclic) bond motifs is 1. The first-order valence-electron chi connectivity index (χ1n) is 6.74. The molecule has 0 aromatic carbocycles. The van der Waals surface area contributed by atoms with Gasteiger partial charge in [-0.25, -0.2) is 4.98 Å². The summed E-state index contributed by atoms with van der Waals surface area (Å²) in [7, 11) is 0. The average Bonchev–Trinajstić information content (AvgIpc) is 2.78. The Bertz CT molecular complexity index is 581. The van der Waals surface area contributed by atoms with Crippen LogP contribution in [0.4, 0.5) is 0 Å². The second-order valence-electron chi connectivity index (χ2n) is 5.18. The molecular formula is C14H18ClN3O. The lowest BCUT2D eigenvalue weighted by Crippen LogP contribution is -2.26. The Kier molecular flexibility index (Phi) is 3.46. The first kappa shape index (κ1) is 12.9. The van der Waals surface area contributed by atoms with Crippen LogP contribution in [0.15, 0.2) is 18.5 Å². The van der Waals surface area contributed by atoms with Gasteiger partial charge in [0.25, 0.3) is 0 Å². The largest absolute Gasteiger partial charge is 0.378 e. The molecule has 0 N–H and O–H groups in total. The van der Waals surface area contributed by atoms with Crippen LogP contribution in [0, 0.1) is 0 Å². The lowest BCUT2D eigenvalue weighted by Gasteiger charge is -2.30. The van der Waals surface area contributed by atoms with Gasteiger partial charge >= 0.3 is 0 Å². The Balaban J connectivity index is 2.11. The maximum Gasteiger partial charge on any atom is 0.128 e. The van der Waals surface area contributed by atoms with Crippen LogP contribution in [-0.2, 0) is 4.74 Å². The van der Waals surface area contributed by atoms with Crippen LogP contribution in [0.5, 0.6) is 0 Å². The fourth-order valence-electron chi connectivity index (χ4n) is 2.84. The summed E-state index contributed by atoms with van der Waals surface area (Å²) < 4.78 is 7.92. The van der Waals surface area contributed by atoms with Crippen LogP contribution in [0.1, 0.15) is 43.9 Å². The normalized spacial score (nSPS) is 25.6. The van der Waals surface area contributed by atoms with E-state index in [-0.39, 0.29) is 11.5 Å². The number of aromatic nitrogens is 3. The third-order valence-electron chi connectivity index (χ3n) is 3.70. The quantitative estimate of drug-likeness (QED) is 0.790. The SMILES string of the molecule is CC1CC(n2c(C(C)Cl)nc3cnccc32)CCO1. The van der Waals surface area contributed by atoms with Crippen LogP contribution in [0.2, 0.25) is 0 Å². The summed E-state index contributed by atoms with van der Waals surface area (Å²) >= 11 is 6.30. The average molecular weight is 280 g/mol. The molecule has 0 amide bonds. The molecule has 19 heavy (non-hydrogen) atoms. The van der Waals surface area contributed by atoms with Crippen molar-refractivity contribution in [2.24, 2.45) is 0 Å². The summed E-state index contributed by atoms with van der Waals surface area (Å²) in [5.41, 5.74) is 2.04. The number of nitrogens with zero attached hydrogens (tertiary/aromatic N) is 3. The highest BCUT2D eigenvalue weighted by Crippen LogP contribution is 2.33. The second-order valence-corrected chi connectivity index (χ2v) is 5.83. The molecule has 1 fully saturated rings. The van der Waals surface area contributed by atoms with Gasteiger partial charge in [-0.3, -0.25) is 4.98 Å². The lowest BCUT2D eigenvalue weighted by molar-refractivity contribution is 0.00621. The van der Waals surface area contributed by atoms with E-state index in [1.807, 2.05) is 19.2 Å². The van der Waals surface area contributed by atoms with Crippen molar-refractivity contribution in [3.63, 3.8) is 0 Å². The summed E-state index contributed by atoms with van der Waals surface area (Å²) in [6, 6.07) is 2.43. The summed E-state index contributed by atoms with van der Waals surface area (Å²) in [4.78, 5) is 8.78. The Morgan fingerprint density at radius 2 is 2.37 bits per heavy atom. The van der Waals surface area contributed by atoms with Crippen LogP contribution >= 0.6 is 11.6 Å². The summed E-state index contributed by atoms with van der Waals surface area (Å²) in [6.07, 6.45) is 5.92. The fraction of sp³-hybridized carbons (Fsp3) is 0.571. The number of ether oxygens (including phenoxy) is 1. The highest BCUT2D eigenvalue weighted by Gasteiger charge is 2.26. The molecule has 0 bridgehead atoms. The number of hydrogen-bond acceptors (Lipinski definition) is 3. The minimum absolute atomic E-state index is 0.106. The maximum absolute atomic E-state index is 6.30. The van der Waals surface area contributed by atoms with E-state index < -0.39 is 0 Å². The van der Waals surface area contributed by atoms with Crippen LogP contribution < -0.4 is 0 Å². The first-order chi connectivity index (χ1) is 9.16. The van der Waals surface area contributed by atoms with Gasteiger partial charge in [0.1, 0.15) is 11.3 Å². The first-order valence-corrected chi connectivity index (χ1v) is 7.18. The number of hydrogen-bond donors (Lipinski definition) is 0. The van der Waals surface area contributed by atoms with Crippen molar-refractivity contribution in [3.8, 4) is 0 Å². The van der Waals surface area contributed by atoms with E-state index in [2.05, 4.69) is 21.5 Å². The topological polar surface area (TPSA) is 39.9 Å². The van der Waals surface area contributed by atoms with E-state index in [9.17, 15) is 0 Å². The minimum Gasteiger partial charge on any atom is -0.378 e. The van der Waals surface area contributed by atoms with Crippen molar-refractivity contribution >= 4 is 22.6 Å². The molecular weight excluding hydrogens is 262 g/mol. The van der Waals surface area contributed by atoms with Gasteiger partial charge < -0.3 is 9.30 Å². The van der Waals surface area contributed by atoms with Crippen molar-refractivity contribution in [2.75, 3.05) is 6.61 Å². The molecule has 3 rings (SSSR count). The monoisotopic (exact) mass is 279 g/mol. The molecule has 0 radical (unpaired) electrons.